The summed E-state index contributed by atoms with van der Waals surface area (Å²) in [7, 11) is 1.89. The lowest BCUT2D eigenvalue weighted by Gasteiger charge is -2.37. The molecule has 0 bridgehead atoms. The van der Waals surface area contributed by atoms with Crippen LogP contribution in [-0.4, -0.2) is 28.9 Å². The molecule has 0 aromatic carbocycles. The molecule has 1 aliphatic rings. The molecule has 1 amide bonds. The van der Waals surface area contributed by atoms with Gasteiger partial charge in [-0.15, -0.1) is 0 Å². The second kappa shape index (κ2) is 5.80. The number of hydrogen-bond donors (Lipinski definition) is 1. The van der Waals surface area contributed by atoms with E-state index in [9.17, 15) is 4.79 Å². The summed E-state index contributed by atoms with van der Waals surface area (Å²) in [5, 5.41) is 0. The molecule has 0 spiro atoms. The zero-order valence-corrected chi connectivity index (χ0v) is 12.0. The van der Waals surface area contributed by atoms with Gasteiger partial charge in [-0.05, 0) is 26.2 Å². The molecule has 1 unspecified atom stereocenters. The van der Waals surface area contributed by atoms with Gasteiger partial charge in [0, 0.05) is 13.1 Å². The smallest absolute Gasteiger partial charge is 0.235 e. The number of thiocarbonyl (C=S) groups is 1. The largest absolute Gasteiger partial charge is 0.392 e. The van der Waals surface area contributed by atoms with Crippen LogP contribution in [0.1, 0.15) is 52.4 Å². The van der Waals surface area contributed by atoms with Crippen LogP contribution in [0, 0.1) is 5.41 Å². The minimum Gasteiger partial charge on any atom is -0.392 e. The molecule has 1 fully saturated rings. The Morgan fingerprint density at radius 1 is 1.41 bits per heavy atom. The molecular formula is C13H24N2OS. The van der Waals surface area contributed by atoms with Gasteiger partial charge in [0.15, 0.2) is 0 Å². The molecule has 2 N–H and O–H groups in total. The van der Waals surface area contributed by atoms with E-state index in [4.69, 9.17) is 18.0 Å². The van der Waals surface area contributed by atoms with Gasteiger partial charge in [-0.3, -0.25) is 4.79 Å². The van der Waals surface area contributed by atoms with Crippen molar-refractivity contribution in [2.75, 3.05) is 7.05 Å². The van der Waals surface area contributed by atoms with Crippen LogP contribution in [0.25, 0.3) is 0 Å². The number of hydrogen-bond acceptors (Lipinski definition) is 2. The standard InChI is InChI=1S/C13H24N2OS/c1-4-13(2,11(14)17)12(16)15(3)10-8-6-5-7-9-10/h10H,4-9H2,1-3H3,(H2,14,17). The summed E-state index contributed by atoms with van der Waals surface area (Å²) in [6, 6.07) is 0.372. The first-order chi connectivity index (χ1) is 7.93. The van der Waals surface area contributed by atoms with Crippen molar-refractivity contribution in [2.45, 2.75) is 58.4 Å². The van der Waals surface area contributed by atoms with Crippen LogP contribution >= 0.6 is 12.2 Å². The molecule has 17 heavy (non-hydrogen) atoms. The highest BCUT2D eigenvalue weighted by molar-refractivity contribution is 7.80. The van der Waals surface area contributed by atoms with Gasteiger partial charge in [0.25, 0.3) is 0 Å². The first-order valence-corrected chi connectivity index (χ1v) is 6.91. The van der Waals surface area contributed by atoms with Gasteiger partial charge in [0.05, 0.1) is 10.4 Å². The summed E-state index contributed by atoms with van der Waals surface area (Å²) in [6.45, 7) is 3.82. The maximum absolute atomic E-state index is 12.5. The van der Waals surface area contributed by atoms with E-state index in [-0.39, 0.29) is 5.91 Å². The highest BCUT2D eigenvalue weighted by atomic mass is 32.1. The third-order valence-corrected chi connectivity index (χ3v) is 4.62. The monoisotopic (exact) mass is 256 g/mol. The van der Waals surface area contributed by atoms with Crippen LogP contribution in [0.5, 0.6) is 0 Å². The van der Waals surface area contributed by atoms with E-state index in [1.807, 2.05) is 25.8 Å². The Labute approximate surface area is 110 Å². The summed E-state index contributed by atoms with van der Waals surface area (Å²) in [6.07, 6.45) is 6.62. The summed E-state index contributed by atoms with van der Waals surface area (Å²) in [4.78, 5) is 14.7. The van der Waals surface area contributed by atoms with E-state index in [0.29, 0.717) is 17.5 Å². The van der Waals surface area contributed by atoms with Gasteiger partial charge in [0.1, 0.15) is 0 Å². The van der Waals surface area contributed by atoms with E-state index in [1.165, 1.54) is 19.3 Å². The van der Waals surface area contributed by atoms with Crippen molar-refractivity contribution < 1.29 is 4.79 Å². The first kappa shape index (κ1) is 14.4. The number of amides is 1. The van der Waals surface area contributed by atoms with Gasteiger partial charge in [-0.25, -0.2) is 0 Å². The lowest BCUT2D eigenvalue weighted by molar-refractivity contribution is -0.139. The predicted octanol–water partition coefficient (Wildman–Crippen LogP) is 2.48. The fraction of sp³-hybridized carbons (Fsp3) is 0.846. The van der Waals surface area contributed by atoms with E-state index in [0.717, 1.165) is 12.8 Å². The molecule has 0 aliphatic heterocycles. The molecule has 1 aliphatic carbocycles. The maximum atomic E-state index is 12.5. The Hall–Kier alpha value is -0.640. The normalized spacial score (nSPS) is 20.6. The Morgan fingerprint density at radius 2 is 1.94 bits per heavy atom. The average molecular weight is 256 g/mol. The van der Waals surface area contributed by atoms with Crippen molar-refractivity contribution >= 4 is 23.1 Å². The number of rotatable bonds is 4. The van der Waals surface area contributed by atoms with Crippen molar-refractivity contribution in [3.63, 3.8) is 0 Å². The van der Waals surface area contributed by atoms with Crippen LogP contribution in [0.15, 0.2) is 0 Å². The molecule has 1 rings (SSSR count). The second-order valence-electron chi connectivity index (χ2n) is 5.26. The van der Waals surface area contributed by atoms with Crippen LogP contribution in [-0.2, 0) is 4.79 Å². The lowest BCUT2D eigenvalue weighted by atomic mass is 9.84. The Balaban J connectivity index is 2.76. The zero-order chi connectivity index (χ0) is 13.1. The third kappa shape index (κ3) is 2.97. The Morgan fingerprint density at radius 3 is 2.35 bits per heavy atom. The number of carbonyl (C=O) groups is 1. The van der Waals surface area contributed by atoms with Gasteiger partial charge >= 0.3 is 0 Å². The molecule has 0 heterocycles. The van der Waals surface area contributed by atoms with Crippen LogP contribution in [0.3, 0.4) is 0 Å². The highest BCUT2D eigenvalue weighted by Gasteiger charge is 2.38. The Kier molecular flexibility index (Phi) is 4.92. The average Bonchev–Trinajstić information content (AvgIpc) is 2.36. The predicted molar refractivity (Wildman–Crippen MR) is 74.8 cm³/mol. The molecule has 0 aromatic heterocycles. The summed E-state index contributed by atoms with van der Waals surface area (Å²) >= 11 is 5.06. The third-order valence-electron chi connectivity index (χ3n) is 4.17. The zero-order valence-electron chi connectivity index (χ0n) is 11.2. The molecular weight excluding hydrogens is 232 g/mol. The summed E-state index contributed by atoms with van der Waals surface area (Å²) in [5.41, 5.74) is 5.05. The van der Waals surface area contributed by atoms with Crippen LogP contribution < -0.4 is 5.73 Å². The first-order valence-electron chi connectivity index (χ1n) is 6.50. The van der Waals surface area contributed by atoms with Crippen molar-refractivity contribution in [3.05, 3.63) is 0 Å². The molecule has 4 heteroatoms. The quantitative estimate of drug-likeness (QED) is 0.786. The topological polar surface area (TPSA) is 46.3 Å². The number of nitrogens with zero attached hydrogens (tertiary/aromatic N) is 1. The van der Waals surface area contributed by atoms with Gasteiger partial charge in [-0.1, -0.05) is 38.4 Å². The maximum Gasteiger partial charge on any atom is 0.235 e. The molecule has 1 saturated carbocycles. The van der Waals surface area contributed by atoms with E-state index in [2.05, 4.69) is 0 Å². The van der Waals surface area contributed by atoms with Gasteiger partial charge in [-0.2, -0.15) is 0 Å². The van der Waals surface area contributed by atoms with Crippen LogP contribution in [0.2, 0.25) is 0 Å². The fourth-order valence-electron chi connectivity index (χ4n) is 2.45. The SMILES string of the molecule is CCC(C)(C(=O)N(C)C1CCCCC1)C(N)=S. The lowest BCUT2D eigenvalue weighted by Crippen LogP contribution is -2.50. The highest BCUT2D eigenvalue weighted by Crippen LogP contribution is 2.29. The second-order valence-corrected chi connectivity index (χ2v) is 5.70. The van der Waals surface area contributed by atoms with E-state index in [1.54, 1.807) is 0 Å². The molecule has 98 valence electrons. The van der Waals surface area contributed by atoms with Crippen molar-refractivity contribution in [2.24, 2.45) is 11.1 Å². The molecule has 1 atom stereocenters. The van der Waals surface area contributed by atoms with E-state index < -0.39 is 5.41 Å². The fourth-order valence-corrected chi connectivity index (χ4v) is 2.69. The minimum atomic E-state index is -0.679. The molecule has 0 radical (unpaired) electrons. The van der Waals surface area contributed by atoms with Gasteiger partial charge < -0.3 is 10.6 Å². The minimum absolute atomic E-state index is 0.0828. The van der Waals surface area contributed by atoms with Crippen molar-refractivity contribution in [1.29, 1.82) is 0 Å². The molecule has 0 saturated heterocycles. The molecule has 3 nitrogen and oxygen atoms in total. The number of nitrogens with two attached hydrogens (primary N) is 1. The van der Waals surface area contributed by atoms with Crippen LogP contribution in [0.4, 0.5) is 0 Å². The number of carbonyl (C=O) groups excluding carboxylic acids is 1. The van der Waals surface area contributed by atoms with E-state index >= 15 is 0 Å². The van der Waals surface area contributed by atoms with Gasteiger partial charge in [0.2, 0.25) is 5.91 Å². The summed E-state index contributed by atoms with van der Waals surface area (Å²) < 4.78 is 0. The van der Waals surface area contributed by atoms with Crippen molar-refractivity contribution in [3.8, 4) is 0 Å². The summed E-state index contributed by atoms with van der Waals surface area (Å²) in [5.74, 6) is 0.0828. The Bertz CT molecular complexity index is 300. The van der Waals surface area contributed by atoms with Crippen molar-refractivity contribution in [1.82, 2.24) is 4.90 Å². The molecule has 0 aromatic rings.